The minimum atomic E-state index is -0.443. The van der Waals surface area contributed by atoms with Crippen LogP contribution in [0.4, 0.5) is 5.69 Å². The number of hydrogen-bond donors (Lipinski definition) is 0. The van der Waals surface area contributed by atoms with E-state index < -0.39 is 4.92 Å². The molecule has 90 valence electrons. The first-order valence-electron chi connectivity index (χ1n) is 5.33. The molecule has 1 aliphatic rings. The first kappa shape index (κ1) is 11.9. The molecule has 1 saturated carbocycles. The van der Waals surface area contributed by atoms with Crippen LogP contribution in [0.1, 0.15) is 24.8 Å². The van der Waals surface area contributed by atoms with Crippen molar-refractivity contribution in [3.63, 3.8) is 0 Å². The molecule has 0 atom stereocenters. The molecular weight excluding hydrogens is 242 g/mol. The van der Waals surface area contributed by atoms with Crippen LogP contribution in [0.25, 0.3) is 5.03 Å². The van der Waals surface area contributed by atoms with Gasteiger partial charge in [0.2, 0.25) is 0 Å². The molecule has 2 rings (SSSR count). The maximum Gasteiger partial charge on any atom is 0.273 e. The van der Waals surface area contributed by atoms with Crippen LogP contribution >= 0.6 is 11.6 Å². The van der Waals surface area contributed by atoms with Gasteiger partial charge in [-0.15, -0.1) is 0 Å². The molecule has 1 aliphatic carbocycles. The number of nitro benzene ring substituents is 1. The van der Waals surface area contributed by atoms with Crippen molar-refractivity contribution in [1.29, 1.82) is 0 Å². The van der Waals surface area contributed by atoms with Crippen LogP contribution in [0, 0.1) is 10.1 Å². The normalized spacial score (nSPS) is 14.1. The van der Waals surface area contributed by atoms with Crippen molar-refractivity contribution in [3.05, 3.63) is 39.4 Å². The van der Waals surface area contributed by atoms with Crippen LogP contribution in [0.2, 0.25) is 0 Å². The Morgan fingerprint density at radius 2 is 2.12 bits per heavy atom. The summed E-state index contributed by atoms with van der Waals surface area (Å²) in [5.74, 6) is 0.451. The van der Waals surface area contributed by atoms with Gasteiger partial charge in [-0.25, -0.2) is 0 Å². The molecule has 1 fully saturated rings. The van der Waals surface area contributed by atoms with E-state index in [0.29, 0.717) is 16.3 Å². The Balaban J connectivity index is 2.46. The summed E-state index contributed by atoms with van der Waals surface area (Å²) >= 11 is 6.22. The summed E-state index contributed by atoms with van der Waals surface area (Å²) in [6.07, 6.45) is 3.09. The zero-order valence-corrected chi connectivity index (χ0v) is 10.2. The molecule has 1 aromatic carbocycles. The monoisotopic (exact) mass is 253 g/mol. The van der Waals surface area contributed by atoms with Gasteiger partial charge in [0.15, 0.2) is 0 Å². The van der Waals surface area contributed by atoms with Crippen LogP contribution in [0.3, 0.4) is 0 Å². The highest BCUT2D eigenvalue weighted by Gasteiger charge is 2.17. The maximum atomic E-state index is 10.8. The van der Waals surface area contributed by atoms with Gasteiger partial charge in [-0.1, -0.05) is 17.2 Å². The largest absolute Gasteiger partial charge is 0.496 e. The molecule has 17 heavy (non-hydrogen) atoms. The second kappa shape index (κ2) is 4.75. The van der Waals surface area contributed by atoms with Gasteiger partial charge < -0.3 is 4.74 Å². The predicted molar refractivity (Wildman–Crippen MR) is 66.3 cm³/mol. The third-order valence-corrected chi connectivity index (χ3v) is 3.34. The first-order chi connectivity index (χ1) is 8.11. The van der Waals surface area contributed by atoms with Crippen molar-refractivity contribution in [2.75, 3.05) is 7.11 Å². The van der Waals surface area contributed by atoms with Crippen molar-refractivity contribution < 1.29 is 9.66 Å². The van der Waals surface area contributed by atoms with Crippen LogP contribution < -0.4 is 4.74 Å². The SMILES string of the molecule is COc1cc(C(Cl)=C2CCC2)cc([N+](=O)[O-])c1. The predicted octanol–water partition coefficient (Wildman–Crippen LogP) is 3.74. The summed E-state index contributed by atoms with van der Waals surface area (Å²) in [6.45, 7) is 0. The van der Waals surface area contributed by atoms with E-state index in [9.17, 15) is 10.1 Å². The molecule has 0 radical (unpaired) electrons. The lowest BCUT2D eigenvalue weighted by Crippen LogP contribution is -1.99. The van der Waals surface area contributed by atoms with Crippen LogP contribution in [0.5, 0.6) is 5.75 Å². The fourth-order valence-corrected chi connectivity index (χ4v) is 2.01. The van der Waals surface area contributed by atoms with Crippen molar-refractivity contribution in [2.24, 2.45) is 0 Å². The highest BCUT2D eigenvalue weighted by molar-refractivity contribution is 6.49. The number of hydrogen-bond acceptors (Lipinski definition) is 3. The molecule has 0 unspecified atom stereocenters. The Bertz CT molecular complexity index is 491. The number of rotatable bonds is 3. The van der Waals surface area contributed by atoms with Gasteiger partial charge in [0.05, 0.1) is 18.1 Å². The quantitative estimate of drug-likeness (QED) is 0.609. The number of methoxy groups -OCH3 is 1. The maximum absolute atomic E-state index is 10.8. The number of halogens is 1. The highest BCUT2D eigenvalue weighted by atomic mass is 35.5. The number of nitrogens with zero attached hydrogens (tertiary/aromatic N) is 1. The number of nitro groups is 1. The summed E-state index contributed by atoms with van der Waals surface area (Å²) < 4.78 is 5.04. The van der Waals surface area contributed by atoms with E-state index in [2.05, 4.69) is 0 Å². The van der Waals surface area contributed by atoms with Crippen molar-refractivity contribution in [3.8, 4) is 5.75 Å². The van der Waals surface area contributed by atoms with E-state index in [0.717, 1.165) is 24.8 Å². The number of benzene rings is 1. The van der Waals surface area contributed by atoms with Gasteiger partial charge in [0.1, 0.15) is 5.75 Å². The van der Waals surface area contributed by atoms with E-state index in [1.54, 1.807) is 6.07 Å². The standard InChI is InChI=1S/C12H12ClNO3/c1-17-11-6-9(5-10(7-11)14(15)16)12(13)8-3-2-4-8/h5-7H,2-4H2,1H3. The van der Waals surface area contributed by atoms with Crippen molar-refractivity contribution in [2.45, 2.75) is 19.3 Å². The molecule has 0 heterocycles. The molecule has 0 saturated heterocycles. The number of non-ortho nitro benzene ring substituents is 1. The van der Waals surface area contributed by atoms with Crippen molar-refractivity contribution in [1.82, 2.24) is 0 Å². The van der Waals surface area contributed by atoms with Crippen molar-refractivity contribution >= 4 is 22.3 Å². The first-order valence-corrected chi connectivity index (χ1v) is 5.71. The van der Waals surface area contributed by atoms with Gasteiger partial charge >= 0.3 is 0 Å². The summed E-state index contributed by atoms with van der Waals surface area (Å²) in [4.78, 5) is 10.3. The molecule has 5 heteroatoms. The second-order valence-corrected chi connectivity index (χ2v) is 4.33. The zero-order chi connectivity index (χ0) is 12.4. The lowest BCUT2D eigenvalue weighted by molar-refractivity contribution is -0.384. The molecule has 0 aliphatic heterocycles. The zero-order valence-electron chi connectivity index (χ0n) is 9.40. The molecule has 0 amide bonds. The Morgan fingerprint density at radius 3 is 2.59 bits per heavy atom. The van der Waals surface area contributed by atoms with E-state index >= 15 is 0 Å². The lowest BCUT2D eigenvalue weighted by Gasteiger charge is -2.18. The van der Waals surface area contributed by atoms with Crippen LogP contribution in [-0.2, 0) is 0 Å². The minimum absolute atomic E-state index is 0.00239. The average molecular weight is 254 g/mol. The topological polar surface area (TPSA) is 52.4 Å². The van der Waals surface area contributed by atoms with E-state index in [4.69, 9.17) is 16.3 Å². The molecule has 1 aromatic rings. The Morgan fingerprint density at radius 1 is 1.41 bits per heavy atom. The third kappa shape index (κ3) is 2.42. The molecule has 0 spiro atoms. The number of ether oxygens (including phenoxy) is 1. The van der Waals surface area contributed by atoms with E-state index in [1.165, 1.54) is 19.2 Å². The second-order valence-electron chi connectivity index (χ2n) is 3.95. The van der Waals surface area contributed by atoms with Gasteiger partial charge in [-0.05, 0) is 25.3 Å². The third-order valence-electron chi connectivity index (χ3n) is 2.86. The summed E-state index contributed by atoms with van der Waals surface area (Å²) in [5.41, 5.74) is 1.82. The van der Waals surface area contributed by atoms with Crippen LogP contribution in [0.15, 0.2) is 23.8 Å². The highest BCUT2D eigenvalue weighted by Crippen LogP contribution is 2.38. The smallest absolute Gasteiger partial charge is 0.273 e. The number of allylic oxidation sites excluding steroid dienone is 1. The Kier molecular flexibility index (Phi) is 3.33. The fourth-order valence-electron chi connectivity index (χ4n) is 1.71. The Hall–Kier alpha value is -1.55. The molecule has 4 nitrogen and oxygen atoms in total. The molecular formula is C12H12ClNO3. The lowest BCUT2D eigenvalue weighted by atomic mass is 9.90. The minimum Gasteiger partial charge on any atom is -0.496 e. The molecule has 0 aromatic heterocycles. The van der Waals surface area contributed by atoms with Gasteiger partial charge in [-0.3, -0.25) is 10.1 Å². The summed E-state index contributed by atoms with van der Waals surface area (Å²) in [5, 5.41) is 11.4. The summed E-state index contributed by atoms with van der Waals surface area (Å²) in [6, 6.07) is 4.59. The molecule has 0 N–H and O–H groups in total. The summed E-state index contributed by atoms with van der Waals surface area (Å²) in [7, 11) is 1.48. The van der Waals surface area contributed by atoms with Gasteiger partial charge in [-0.2, -0.15) is 0 Å². The molecule has 0 bridgehead atoms. The van der Waals surface area contributed by atoms with Crippen LogP contribution in [-0.4, -0.2) is 12.0 Å². The van der Waals surface area contributed by atoms with Gasteiger partial charge in [0, 0.05) is 16.7 Å². The fraction of sp³-hybridized carbons (Fsp3) is 0.333. The van der Waals surface area contributed by atoms with E-state index in [-0.39, 0.29) is 5.69 Å². The average Bonchev–Trinajstić information content (AvgIpc) is 2.25. The van der Waals surface area contributed by atoms with E-state index in [1.807, 2.05) is 0 Å². The Labute approximate surface area is 104 Å². The van der Waals surface area contributed by atoms with Gasteiger partial charge in [0.25, 0.3) is 5.69 Å².